The van der Waals surface area contributed by atoms with Crippen LogP contribution < -0.4 is 10.9 Å². The summed E-state index contributed by atoms with van der Waals surface area (Å²) in [5.74, 6) is -0.450. The first kappa shape index (κ1) is 17.5. The number of halogens is 1. The minimum atomic E-state index is -0.695. The zero-order chi connectivity index (χ0) is 17.4. The third-order valence-corrected chi connectivity index (χ3v) is 3.95. The van der Waals surface area contributed by atoms with Gasteiger partial charge in [0, 0.05) is 4.47 Å². The first-order valence-corrected chi connectivity index (χ1v) is 7.97. The third kappa shape index (κ3) is 4.10. The minimum Gasteiger partial charge on any atom is -0.458 e. The van der Waals surface area contributed by atoms with Crippen LogP contribution in [0.3, 0.4) is 0 Å². The van der Waals surface area contributed by atoms with E-state index in [2.05, 4.69) is 26.2 Å². The van der Waals surface area contributed by atoms with E-state index in [0.717, 1.165) is 10.0 Å². The molecule has 124 valence electrons. The van der Waals surface area contributed by atoms with Gasteiger partial charge in [-0.05, 0) is 52.3 Å². The molecule has 23 heavy (non-hydrogen) atoms. The van der Waals surface area contributed by atoms with Crippen molar-refractivity contribution in [3.05, 3.63) is 32.6 Å². The summed E-state index contributed by atoms with van der Waals surface area (Å²) in [6.07, 6.45) is 0. The minimum absolute atomic E-state index is 0.0115. The molecule has 1 heterocycles. The van der Waals surface area contributed by atoms with Gasteiger partial charge < -0.3 is 14.5 Å². The van der Waals surface area contributed by atoms with E-state index in [1.165, 1.54) is 0 Å². The van der Waals surface area contributed by atoms with Gasteiger partial charge in [-0.15, -0.1) is 0 Å². The van der Waals surface area contributed by atoms with Crippen molar-refractivity contribution in [3.63, 3.8) is 0 Å². The molecule has 0 saturated carbocycles. The van der Waals surface area contributed by atoms with E-state index < -0.39 is 23.2 Å². The van der Waals surface area contributed by atoms with Crippen molar-refractivity contribution in [2.45, 2.75) is 46.3 Å². The number of nitrogens with one attached hydrogen (secondary N) is 1. The van der Waals surface area contributed by atoms with E-state index >= 15 is 0 Å². The number of benzene rings is 1. The molecule has 0 spiro atoms. The fourth-order valence-corrected chi connectivity index (χ4v) is 2.32. The fraction of sp³-hybridized carbons (Fsp3) is 0.438. The topological polar surface area (TPSA) is 81.4 Å². The first-order chi connectivity index (χ1) is 10.6. The maximum Gasteiger partial charge on any atom is 0.348 e. The Balaban J connectivity index is 2.30. The van der Waals surface area contributed by atoms with E-state index in [1.807, 2.05) is 6.07 Å². The number of rotatable bonds is 3. The Labute approximate surface area is 142 Å². The molecule has 7 heteroatoms. The summed E-state index contributed by atoms with van der Waals surface area (Å²) >= 11 is 3.37. The van der Waals surface area contributed by atoms with Crippen LogP contribution in [0.2, 0.25) is 0 Å². The van der Waals surface area contributed by atoms with Gasteiger partial charge in [0.25, 0.3) is 6.01 Å². The molecule has 2 aromatic rings. The molecule has 0 saturated heterocycles. The van der Waals surface area contributed by atoms with Gasteiger partial charge in [0.15, 0.2) is 0 Å². The monoisotopic (exact) mass is 382 g/mol. The Bertz CT molecular complexity index is 808. The van der Waals surface area contributed by atoms with Crippen molar-refractivity contribution >= 4 is 38.8 Å². The third-order valence-electron chi connectivity index (χ3n) is 3.09. The Morgan fingerprint density at radius 2 is 2.04 bits per heavy atom. The van der Waals surface area contributed by atoms with Gasteiger partial charge in [-0.25, -0.2) is 9.59 Å². The SMILES string of the molecule is Cc1c(Br)ccc2nc(N[C@H](C)C(=O)OC(C)(C)C)oc(=O)c12. The second kappa shape index (κ2) is 6.31. The van der Waals surface area contributed by atoms with Gasteiger partial charge in [0.1, 0.15) is 11.6 Å². The molecule has 1 N–H and O–H groups in total. The predicted molar refractivity (Wildman–Crippen MR) is 91.6 cm³/mol. The number of ether oxygens (including phenoxy) is 1. The molecule has 0 aliphatic rings. The molecule has 1 atom stereocenters. The summed E-state index contributed by atoms with van der Waals surface area (Å²) in [6.45, 7) is 8.78. The summed E-state index contributed by atoms with van der Waals surface area (Å²) in [5.41, 5.74) is 0.164. The smallest absolute Gasteiger partial charge is 0.348 e. The lowest BCUT2D eigenvalue weighted by molar-refractivity contribution is -0.155. The molecule has 0 aliphatic heterocycles. The molecule has 0 radical (unpaired) electrons. The highest BCUT2D eigenvalue weighted by atomic mass is 79.9. The molecule has 0 aliphatic carbocycles. The lowest BCUT2D eigenvalue weighted by Crippen LogP contribution is -2.35. The summed E-state index contributed by atoms with van der Waals surface area (Å²) < 4.78 is 11.2. The van der Waals surface area contributed by atoms with Gasteiger partial charge in [-0.1, -0.05) is 15.9 Å². The maximum absolute atomic E-state index is 12.2. The van der Waals surface area contributed by atoms with Crippen LogP contribution in [0.5, 0.6) is 0 Å². The Hall–Kier alpha value is -1.89. The molecule has 0 bridgehead atoms. The second-order valence-corrected chi connectivity index (χ2v) is 7.13. The van der Waals surface area contributed by atoms with E-state index in [9.17, 15) is 9.59 Å². The molecule has 2 rings (SSSR count). The first-order valence-electron chi connectivity index (χ1n) is 7.18. The highest BCUT2D eigenvalue weighted by molar-refractivity contribution is 9.10. The van der Waals surface area contributed by atoms with Crippen molar-refractivity contribution in [2.75, 3.05) is 5.32 Å². The summed E-state index contributed by atoms with van der Waals surface area (Å²) in [4.78, 5) is 28.4. The van der Waals surface area contributed by atoms with Crippen molar-refractivity contribution in [1.29, 1.82) is 0 Å². The lowest BCUT2D eigenvalue weighted by Gasteiger charge is -2.22. The number of carbonyl (C=O) groups excluding carboxylic acids is 1. The summed E-state index contributed by atoms with van der Waals surface area (Å²) in [5, 5.41) is 3.18. The van der Waals surface area contributed by atoms with Crippen LogP contribution in [0.15, 0.2) is 25.8 Å². The van der Waals surface area contributed by atoms with Crippen LogP contribution >= 0.6 is 15.9 Å². The molecule has 0 unspecified atom stereocenters. The fourth-order valence-electron chi connectivity index (χ4n) is 1.99. The molecule has 1 aromatic heterocycles. The van der Waals surface area contributed by atoms with Crippen LogP contribution in [0, 0.1) is 6.92 Å². The van der Waals surface area contributed by atoms with Gasteiger partial charge in [0.2, 0.25) is 0 Å². The number of aromatic nitrogens is 1. The summed E-state index contributed by atoms with van der Waals surface area (Å²) in [7, 11) is 0. The highest BCUT2D eigenvalue weighted by Gasteiger charge is 2.23. The number of esters is 1. The average molecular weight is 383 g/mol. The molecule has 6 nitrogen and oxygen atoms in total. The zero-order valence-corrected chi connectivity index (χ0v) is 15.3. The van der Waals surface area contributed by atoms with Gasteiger partial charge in [-0.3, -0.25) is 0 Å². The van der Waals surface area contributed by atoms with Crippen molar-refractivity contribution in [3.8, 4) is 0 Å². The number of anilines is 1. The van der Waals surface area contributed by atoms with Crippen LogP contribution in [0.4, 0.5) is 6.01 Å². The van der Waals surface area contributed by atoms with Gasteiger partial charge in [0.05, 0.1) is 10.9 Å². The van der Waals surface area contributed by atoms with Gasteiger partial charge >= 0.3 is 11.6 Å². The van der Waals surface area contributed by atoms with Crippen molar-refractivity contribution in [1.82, 2.24) is 4.98 Å². The average Bonchev–Trinajstić information content (AvgIpc) is 2.40. The normalized spacial score (nSPS) is 13.0. The lowest BCUT2D eigenvalue weighted by atomic mass is 10.1. The van der Waals surface area contributed by atoms with Gasteiger partial charge in [-0.2, -0.15) is 4.98 Å². The predicted octanol–water partition coefficient (Wildman–Crippen LogP) is 3.40. The van der Waals surface area contributed by atoms with E-state index in [-0.39, 0.29) is 6.01 Å². The Kier molecular flexibility index (Phi) is 4.79. The zero-order valence-electron chi connectivity index (χ0n) is 13.7. The van der Waals surface area contributed by atoms with E-state index in [1.54, 1.807) is 40.7 Å². The largest absolute Gasteiger partial charge is 0.458 e. The molecular weight excluding hydrogens is 364 g/mol. The van der Waals surface area contributed by atoms with Crippen molar-refractivity contribution in [2.24, 2.45) is 0 Å². The maximum atomic E-state index is 12.2. The number of aryl methyl sites for hydroxylation is 1. The quantitative estimate of drug-likeness (QED) is 0.819. The standard InChI is InChI=1S/C16H19BrN2O4/c1-8-10(17)6-7-11-12(8)14(21)22-15(19-11)18-9(2)13(20)23-16(3,4)5/h6-7,9H,1-5H3,(H,18,19)/t9-/m1/s1. The molecule has 1 aromatic carbocycles. The summed E-state index contributed by atoms with van der Waals surface area (Å²) in [6, 6.07) is 2.82. The molecule has 0 amide bonds. The number of carbonyl (C=O) groups is 1. The Morgan fingerprint density at radius 3 is 2.65 bits per heavy atom. The number of hydrogen-bond donors (Lipinski definition) is 1. The van der Waals surface area contributed by atoms with Crippen LogP contribution in [-0.4, -0.2) is 22.6 Å². The van der Waals surface area contributed by atoms with Crippen LogP contribution in [0.25, 0.3) is 10.9 Å². The second-order valence-electron chi connectivity index (χ2n) is 6.27. The Morgan fingerprint density at radius 1 is 1.39 bits per heavy atom. The van der Waals surface area contributed by atoms with E-state index in [4.69, 9.17) is 9.15 Å². The number of hydrogen-bond acceptors (Lipinski definition) is 6. The highest BCUT2D eigenvalue weighted by Crippen LogP contribution is 2.23. The van der Waals surface area contributed by atoms with Crippen LogP contribution in [-0.2, 0) is 9.53 Å². The number of nitrogens with zero attached hydrogens (tertiary/aromatic N) is 1. The molecular formula is C16H19BrN2O4. The van der Waals surface area contributed by atoms with Crippen molar-refractivity contribution < 1.29 is 13.9 Å². The molecule has 0 fully saturated rings. The number of fused-ring (bicyclic) bond motifs is 1. The van der Waals surface area contributed by atoms with E-state index in [0.29, 0.717) is 10.9 Å². The van der Waals surface area contributed by atoms with Crippen LogP contribution in [0.1, 0.15) is 33.3 Å².